The molecule has 3 rings (SSSR count). The van der Waals surface area contributed by atoms with Gasteiger partial charge in [-0.05, 0) is 71.2 Å². The van der Waals surface area contributed by atoms with Gasteiger partial charge in [-0.3, -0.25) is 0 Å². The minimum Gasteiger partial charge on any atom is -0.0654 e. The molecule has 0 nitrogen and oxygen atoms in total. The van der Waals surface area contributed by atoms with E-state index < -0.39 is 0 Å². The third-order valence-corrected chi connectivity index (χ3v) is 7.77. The monoisotopic (exact) mass is 518 g/mol. The maximum absolute atomic E-state index is 3.78. The molecular weight excluding hydrogens is 484 g/mol. The first-order valence-corrected chi connectivity index (χ1v) is 13.1. The number of hydrogen-bond acceptors (Lipinski definition) is 0. The highest BCUT2D eigenvalue weighted by Crippen LogP contribution is 2.56. The Bertz CT molecular complexity index is 754. The summed E-state index contributed by atoms with van der Waals surface area (Å²) in [5.41, 5.74) is 6.11. The van der Waals surface area contributed by atoms with E-state index in [9.17, 15) is 0 Å². The summed E-state index contributed by atoms with van der Waals surface area (Å²) in [5, 5.41) is 0. The number of unbranched alkanes of at least 4 members (excludes halogenated alkanes) is 2. The molecule has 2 atom stereocenters. The summed E-state index contributed by atoms with van der Waals surface area (Å²) in [5.74, 6) is 1.45. The van der Waals surface area contributed by atoms with Gasteiger partial charge in [0.15, 0.2) is 0 Å². The standard InChI is InChI=1S/C27H36Br2/c1-5-7-9-19(3)17-27(18-20(4)10-8-6-2)25-15-21(28)11-13-23(25)24-14-12-22(29)16-26(24)27/h11-16,19-20H,5-10,17-18H2,1-4H3. The SMILES string of the molecule is CCCCC(C)CC1(CC(C)CCCC)c2cc(Br)ccc2-c2ccc(Br)cc21. The summed E-state index contributed by atoms with van der Waals surface area (Å²) < 4.78 is 2.41. The molecule has 0 spiro atoms. The van der Waals surface area contributed by atoms with E-state index in [1.807, 2.05) is 0 Å². The van der Waals surface area contributed by atoms with E-state index in [1.165, 1.54) is 71.4 Å². The zero-order valence-electron chi connectivity index (χ0n) is 18.5. The Morgan fingerprint density at radius 1 is 0.724 bits per heavy atom. The van der Waals surface area contributed by atoms with E-state index in [0.717, 1.165) is 11.8 Å². The second-order valence-corrected chi connectivity index (χ2v) is 11.2. The molecule has 0 heterocycles. The molecule has 2 heteroatoms. The van der Waals surface area contributed by atoms with Crippen molar-refractivity contribution >= 4 is 31.9 Å². The molecule has 158 valence electrons. The molecule has 1 aliphatic carbocycles. The average Bonchev–Trinajstić information content (AvgIpc) is 2.93. The van der Waals surface area contributed by atoms with Crippen LogP contribution in [0.1, 0.15) is 90.2 Å². The molecule has 2 aromatic rings. The van der Waals surface area contributed by atoms with Gasteiger partial charge in [0, 0.05) is 14.4 Å². The summed E-state index contributed by atoms with van der Waals surface area (Å²) in [7, 11) is 0. The summed E-state index contributed by atoms with van der Waals surface area (Å²) >= 11 is 7.57. The van der Waals surface area contributed by atoms with Gasteiger partial charge in [-0.2, -0.15) is 0 Å². The first-order chi connectivity index (χ1) is 13.9. The smallest absolute Gasteiger partial charge is 0.0221 e. The van der Waals surface area contributed by atoms with Crippen molar-refractivity contribution in [3.8, 4) is 11.1 Å². The van der Waals surface area contributed by atoms with Gasteiger partial charge in [-0.1, -0.05) is 110 Å². The number of halogens is 2. The number of hydrogen-bond donors (Lipinski definition) is 0. The van der Waals surface area contributed by atoms with Crippen LogP contribution in [0.2, 0.25) is 0 Å². The van der Waals surface area contributed by atoms with Crippen molar-refractivity contribution in [2.75, 3.05) is 0 Å². The van der Waals surface area contributed by atoms with Crippen LogP contribution < -0.4 is 0 Å². The Morgan fingerprint density at radius 2 is 1.14 bits per heavy atom. The predicted molar refractivity (Wildman–Crippen MR) is 135 cm³/mol. The normalized spacial score (nSPS) is 16.3. The first kappa shape index (κ1) is 23.1. The largest absolute Gasteiger partial charge is 0.0654 e. The molecule has 2 unspecified atom stereocenters. The number of benzene rings is 2. The topological polar surface area (TPSA) is 0 Å². The quantitative estimate of drug-likeness (QED) is 0.293. The lowest BCUT2D eigenvalue weighted by Gasteiger charge is -2.37. The molecule has 0 amide bonds. The fourth-order valence-corrected chi connectivity index (χ4v) is 6.18. The fourth-order valence-electron chi connectivity index (χ4n) is 5.46. The van der Waals surface area contributed by atoms with Crippen LogP contribution in [0, 0.1) is 11.8 Å². The van der Waals surface area contributed by atoms with Gasteiger partial charge >= 0.3 is 0 Å². The maximum Gasteiger partial charge on any atom is 0.0221 e. The van der Waals surface area contributed by atoms with Crippen LogP contribution in [0.5, 0.6) is 0 Å². The lowest BCUT2D eigenvalue weighted by molar-refractivity contribution is 0.294. The Labute approximate surface area is 195 Å². The van der Waals surface area contributed by atoms with E-state index in [4.69, 9.17) is 0 Å². The van der Waals surface area contributed by atoms with Crippen LogP contribution in [0.3, 0.4) is 0 Å². The van der Waals surface area contributed by atoms with E-state index in [-0.39, 0.29) is 5.41 Å². The first-order valence-electron chi connectivity index (χ1n) is 11.5. The van der Waals surface area contributed by atoms with Crippen molar-refractivity contribution in [1.82, 2.24) is 0 Å². The number of fused-ring (bicyclic) bond motifs is 3. The van der Waals surface area contributed by atoms with Gasteiger partial charge in [0.2, 0.25) is 0 Å². The second-order valence-electron chi connectivity index (χ2n) is 9.36. The van der Waals surface area contributed by atoms with Gasteiger partial charge in [-0.15, -0.1) is 0 Å². The molecule has 1 aliphatic rings. The van der Waals surface area contributed by atoms with Crippen molar-refractivity contribution < 1.29 is 0 Å². The molecule has 0 saturated heterocycles. The second kappa shape index (κ2) is 10.1. The van der Waals surface area contributed by atoms with Crippen molar-refractivity contribution in [3.05, 3.63) is 56.5 Å². The van der Waals surface area contributed by atoms with Crippen LogP contribution in [-0.2, 0) is 5.41 Å². The van der Waals surface area contributed by atoms with Gasteiger partial charge < -0.3 is 0 Å². The van der Waals surface area contributed by atoms with Crippen molar-refractivity contribution in [3.63, 3.8) is 0 Å². The minimum atomic E-state index is 0.124. The summed E-state index contributed by atoms with van der Waals surface area (Å²) in [6, 6.07) is 13.9. The highest BCUT2D eigenvalue weighted by molar-refractivity contribution is 9.10. The summed E-state index contributed by atoms with van der Waals surface area (Å²) in [6.45, 7) is 9.57. The Balaban J connectivity index is 2.12. The molecule has 0 N–H and O–H groups in total. The predicted octanol–water partition coefficient (Wildman–Crippen LogP) is 9.91. The van der Waals surface area contributed by atoms with Crippen LogP contribution in [0.15, 0.2) is 45.3 Å². The van der Waals surface area contributed by atoms with Gasteiger partial charge in [0.05, 0.1) is 0 Å². The Hall–Kier alpha value is -0.600. The van der Waals surface area contributed by atoms with E-state index in [2.05, 4.69) is 96.0 Å². The van der Waals surface area contributed by atoms with Crippen molar-refractivity contribution in [1.29, 1.82) is 0 Å². The summed E-state index contributed by atoms with van der Waals surface area (Å²) in [4.78, 5) is 0. The lowest BCUT2D eigenvalue weighted by Crippen LogP contribution is -2.30. The molecule has 2 aromatic carbocycles. The molecule has 29 heavy (non-hydrogen) atoms. The molecule has 0 bridgehead atoms. The fraction of sp³-hybridized carbons (Fsp3) is 0.556. The van der Waals surface area contributed by atoms with E-state index in [0.29, 0.717) is 0 Å². The highest BCUT2D eigenvalue weighted by atomic mass is 79.9. The van der Waals surface area contributed by atoms with Crippen LogP contribution >= 0.6 is 31.9 Å². The third kappa shape index (κ3) is 5.01. The van der Waals surface area contributed by atoms with Gasteiger partial charge in [0.25, 0.3) is 0 Å². The molecule has 0 saturated carbocycles. The van der Waals surface area contributed by atoms with Crippen molar-refractivity contribution in [2.24, 2.45) is 11.8 Å². The van der Waals surface area contributed by atoms with Crippen LogP contribution in [-0.4, -0.2) is 0 Å². The van der Waals surface area contributed by atoms with E-state index >= 15 is 0 Å². The number of rotatable bonds is 10. The van der Waals surface area contributed by atoms with Crippen LogP contribution in [0.25, 0.3) is 11.1 Å². The third-order valence-electron chi connectivity index (χ3n) is 6.78. The van der Waals surface area contributed by atoms with Crippen LogP contribution in [0.4, 0.5) is 0 Å². The Kier molecular flexibility index (Phi) is 8.07. The molecule has 0 aliphatic heterocycles. The highest BCUT2D eigenvalue weighted by Gasteiger charge is 2.44. The maximum atomic E-state index is 3.78. The zero-order chi connectivity index (χ0) is 21.0. The zero-order valence-corrected chi connectivity index (χ0v) is 21.7. The van der Waals surface area contributed by atoms with Gasteiger partial charge in [-0.25, -0.2) is 0 Å². The van der Waals surface area contributed by atoms with E-state index in [1.54, 1.807) is 11.1 Å². The minimum absolute atomic E-state index is 0.124. The average molecular weight is 520 g/mol. The molecule has 0 radical (unpaired) electrons. The Morgan fingerprint density at radius 3 is 1.52 bits per heavy atom. The molecule has 0 fully saturated rings. The summed E-state index contributed by atoms with van der Waals surface area (Å²) in [6.07, 6.45) is 10.4. The van der Waals surface area contributed by atoms with Crippen molar-refractivity contribution in [2.45, 2.75) is 84.5 Å². The molecule has 0 aromatic heterocycles. The van der Waals surface area contributed by atoms with Gasteiger partial charge in [0.1, 0.15) is 0 Å². The molecular formula is C27H36Br2. The lowest BCUT2D eigenvalue weighted by atomic mass is 9.66.